The van der Waals surface area contributed by atoms with Gasteiger partial charge in [0, 0.05) is 13.7 Å². The van der Waals surface area contributed by atoms with Crippen LogP contribution in [-0.2, 0) is 28.1 Å². The van der Waals surface area contributed by atoms with Gasteiger partial charge in [-0.1, -0.05) is 3.89 Å². The molecule has 0 fully saturated rings. The van der Waals surface area contributed by atoms with Crippen LogP contribution in [0.5, 0.6) is 0 Å². The predicted octanol–water partition coefficient (Wildman–Crippen LogP) is 0.103. The van der Waals surface area contributed by atoms with Crippen molar-refractivity contribution in [2.45, 2.75) is 25.2 Å². The number of nitrogens with zero attached hydrogens (tertiary/aromatic N) is 3. The third-order valence-corrected chi connectivity index (χ3v) is 2.34. The van der Waals surface area contributed by atoms with Crippen molar-refractivity contribution in [3.63, 3.8) is 0 Å². The first-order chi connectivity index (χ1) is 6.50. The lowest BCUT2D eigenvalue weighted by Gasteiger charge is -2.03. The number of methoxy groups -OCH3 is 1. The van der Waals surface area contributed by atoms with Gasteiger partial charge in [0.2, 0.25) is 0 Å². The number of ether oxygens (including phenoxy) is 1. The minimum absolute atomic E-state index is 0.0936. The van der Waals surface area contributed by atoms with Crippen LogP contribution in [0.15, 0.2) is 5.16 Å². The average molecular weight is 223 g/mol. The second-order valence-corrected chi connectivity index (χ2v) is 3.75. The van der Waals surface area contributed by atoms with E-state index >= 15 is 0 Å². The molecule has 0 aliphatic rings. The van der Waals surface area contributed by atoms with Crippen LogP contribution in [0, 0.1) is 0 Å². The highest BCUT2D eigenvalue weighted by Crippen LogP contribution is 2.11. The Labute approximate surface area is 80.9 Å². The summed E-state index contributed by atoms with van der Waals surface area (Å²) in [6.45, 7) is 2.03. The minimum Gasteiger partial charge on any atom is -0.377 e. The number of halogens is 1. The molecule has 1 aromatic heterocycles. The van der Waals surface area contributed by atoms with Crippen molar-refractivity contribution in [2.24, 2.45) is 0 Å². The number of hydrogen-bond donors (Lipinski definition) is 0. The van der Waals surface area contributed by atoms with Gasteiger partial charge in [0.15, 0.2) is 5.82 Å². The first kappa shape index (κ1) is 11.1. The Bertz CT molecular complexity index is 414. The van der Waals surface area contributed by atoms with E-state index in [1.54, 1.807) is 6.92 Å². The number of rotatable bonds is 4. The normalized spacial score (nSPS) is 11.9. The third-order valence-electron chi connectivity index (χ3n) is 1.60. The van der Waals surface area contributed by atoms with Crippen LogP contribution < -0.4 is 0 Å². The molecule has 0 atom stereocenters. The van der Waals surface area contributed by atoms with Gasteiger partial charge in [-0.2, -0.15) is 8.42 Å². The Morgan fingerprint density at radius 3 is 2.57 bits per heavy atom. The molecular formula is C6H10FN3O3S. The lowest BCUT2D eigenvalue weighted by atomic mass is 10.6. The summed E-state index contributed by atoms with van der Waals surface area (Å²) in [6.07, 6.45) is 0. The predicted molar refractivity (Wildman–Crippen MR) is 44.7 cm³/mol. The van der Waals surface area contributed by atoms with Crippen molar-refractivity contribution in [1.82, 2.24) is 14.8 Å². The fraction of sp³-hybridized carbons (Fsp3) is 0.667. The molecule has 0 spiro atoms. The molecule has 0 saturated heterocycles. The molecule has 0 unspecified atom stereocenters. The van der Waals surface area contributed by atoms with Gasteiger partial charge in [0.05, 0.1) is 0 Å². The van der Waals surface area contributed by atoms with Crippen molar-refractivity contribution >= 4 is 10.2 Å². The molecule has 8 heteroatoms. The number of hydrogen-bond acceptors (Lipinski definition) is 5. The Morgan fingerprint density at radius 2 is 2.14 bits per heavy atom. The topological polar surface area (TPSA) is 74.1 Å². The number of aromatic nitrogens is 3. The van der Waals surface area contributed by atoms with Crippen LogP contribution in [0.1, 0.15) is 12.7 Å². The molecule has 1 heterocycles. The zero-order valence-corrected chi connectivity index (χ0v) is 8.58. The Morgan fingerprint density at radius 1 is 1.50 bits per heavy atom. The minimum atomic E-state index is -4.81. The second kappa shape index (κ2) is 4.01. The lowest BCUT2D eigenvalue weighted by molar-refractivity contribution is 0.173. The maximum Gasteiger partial charge on any atom is 0.368 e. The van der Waals surface area contributed by atoms with E-state index in [1.165, 1.54) is 7.11 Å². The summed E-state index contributed by atoms with van der Waals surface area (Å²) in [7, 11) is -3.38. The zero-order valence-electron chi connectivity index (χ0n) is 7.77. The van der Waals surface area contributed by atoms with Crippen LogP contribution >= 0.6 is 0 Å². The van der Waals surface area contributed by atoms with Crippen LogP contribution in [0.3, 0.4) is 0 Å². The van der Waals surface area contributed by atoms with Crippen molar-refractivity contribution in [3.05, 3.63) is 5.82 Å². The third kappa shape index (κ3) is 2.07. The van der Waals surface area contributed by atoms with Gasteiger partial charge in [-0.15, -0.1) is 10.2 Å². The Balaban J connectivity index is 3.21. The molecule has 80 valence electrons. The quantitative estimate of drug-likeness (QED) is 0.677. The molecule has 0 radical (unpaired) electrons. The van der Waals surface area contributed by atoms with E-state index in [4.69, 9.17) is 4.74 Å². The van der Waals surface area contributed by atoms with E-state index in [0.29, 0.717) is 0 Å². The summed E-state index contributed by atoms with van der Waals surface area (Å²) in [6, 6.07) is 0. The van der Waals surface area contributed by atoms with Gasteiger partial charge in [0.1, 0.15) is 6.61 Å². The average Bonchev–Trinajstić information content (AvgIpc) is 2.47. The molecule has 0 N–H and O–H groups in total. The summed E-state index contributed by atoms with van der Waals surface area (Å²) in [5, 5.41) is 6.08. The van der Waals surface area contributed by atoms with Crippen molar-refractivity contribution in [1.29, 1.82) is 0 Å². The van der Waals surface area contributed by atoms with E-state index in [2.05, 4.69) is 10.2 Å². The molecule has 0 aliphatic heterocycles. The smallest absolute Gasteiger partial charge is 0.368 e. The molecule has 0 bridgehead atoms. The molecule has 6 nitrogen and oxygen atoms in total. The van der Waals surface area contributed by atoms with Gasteiger partial charge in [-0.25, -0.2) is 0 Å². The molecule has 0 saturated carbocycles. The van der Waals surface area contributed by atoms with E-state index < -0.39 is 15.4 Å². The van der Waals surface area contributed by atoms with Crippen LogP contribution in [0.25, 0.3) is 0 Å². The summed E-state index contributed by atoms with van der Waals surface area (Å²) in [5.74, 6) is 0.284. The Hall–Kier alpha value is -1.02. The van der Waals surface area contributed by atoms with Crippen LogP contribution in [0.2, 0.25) is 0 Å². The van der Waals surface area contributed by atoms with E-state index in [9.17, 15) is 12.3 Å². The molecule has 0 aromatic carbocycles. The second-order valence-electron chi connectivity index (χ2n) is 2.51. The standard InChI is InChI=1S/C6H10FN3O3S/c1-3-10-5(4-13-2)8-9-6(10)14(7,11)12/h3-4H2,1-2H3. The maximum atomic E-state index is 12.6. The van der Waals surface area contributed by atoms with Crippen LogP contribution in [0.4, 0.5) is 3.89 Å². The van der Waals surface area contributed by atoms with E-state index in [1.807, 2.05) is 0 Å². The van der Waals surface area contributed by atoms with Gasteiger partial charge in [0.25, 0.3) is 5.16 Å². The summed E-state index contributed by atoms with van der Waals surface area (Å²) in [4.78, 5) is 0. The highest BCUT2D eigenvalue weighted by molar-refractivity contribution is 7.86. The molecule has 0 aliphatic carbocycles. The van der Waals surface area contributed by atoms with E-state index in [0.717, 1.165) is 4.57 Å². The maximum absolute atomic E-state index is 12.6. The molecule has 1 aromatic rings. The van der Waals surface area contributed by atoms with Crippen LogP contribution in [-0.4, -0.2) is 30.3 Å². The van der Waals surface area contributed by atoms with E-state index in [-0.39, 0.29) is 19.0 Å². The van der Waals surface area contributed by atoms with Gasteiger partial charge in [-0.05, 0) is 6.92 Å². The summed E-state index contributed by atoms with van der Waals surface area (Å²) in [5.41, 5.74) is 0. The fourth-order valence-corrected chi connectivity index (χ4v) is 1.69. The summed E-state index contributed by atoms with van der Waals surface area (Å²) < 4.78 is 39.7. The molecular weight excluding hydrogens is 213 g/mol. The zero-order chi connectivity index (χ0) is 10.8. The summed E-state index contributed by atoms with van der Waals surface area (Å²) >= 11 is 0. The van der Waals surface area contributed by atoms with Crippen molar-refractivity contribution in [2.75, 3.05) is 7.11 Å². The first-order valence-corrected chi connectivity index (χ1v) is 5.24. The van der Waals surface area contributed by atoms with Gasteiger partial charge in [-0.3, -0.25) is 4.57 Å². The Kier molecular flexibility index (Phi) is 3.17. The molecule has 1 rings (SSSR count). The van der Waals surface area contributed by atoms with Crippen molar-refractivity contribution < 1.29 is 17.0 Å². The largest absolute Gasteiger partial charge is 0.377 e. The lowest BCUT2D eigenvalue weighted by Crippen LogP contribution is -2.09. The first-order valence-electron chi connectivity index (χ1n) is 3.86. The van der Waals surface area contributed by atoms with Crippen molar-refractivity contribution in [3.8, 4) is 0 Å². The fourth-order valence-electron chi connectivity index (χ4n) is 1.05. The SMILES string of the molecule is CCn1c(COC)nnc1S(=O)(=O)F. The van der Waals surface area contributed by atoms with Gasteiger partial charge >= 0.3 is 10.2 Å². The molecule has 14 heavy (non-hydrogen) atoms. The van der Waals surface area contributed by atoms with Gasteiger partial charge < -0.3 is 4.74 Å². The highest BCUT2D eigenvalue weighted by Gasteiger charge is 2.22. The molecule has 0 amide bonds. The highest BCUT2D eigenvalue weighted by atomic mass is 32.3. The monoisotopic (exact) mass is 223 g/mol.